The molecule has 0 aliphatic heterocycles. The fourth-order valence-electron chi connectivity index (χ4n) is 1.87. The Morgan fingerprint density at radius 1 is 1.42 bits per heavy atom. The Kier molecular flexibility index (Phi) is 4.17. The number of hydrogen-bond donors (Lipinski definition) is 1. The molecule has 96 valence electrons. The fourth-order valence-corrected chi connectivity index (χ4v) is 2.36. The van der Waals surface area contributed by atoms with Gasteiger partial charge in [0.05, 0.1) is 0 Å². The van der Waals surface area contributed by atoms with E-state index in [0.717, 1.165) is 20.9 Å². The molecule has 2 aromatic rings. The van der Waals surface area contributed by atoms with Gasteiger partial charge in [0.15, 0.2) is 0 Å². The van der Waals surface area contributed by atoms with Gasteiger partial charge in [-0.25, -0.2) is 0 Å². The summed E-state index contributed by atoms with van der Waals surface area (Å²) in [7, 11) is 0. The lowest BCUT2D eigenvalue weighted by molar-refractivity contribution is 1.28. The van der Waals surface area contributed by atoms with Crippen LogP contribution in [0.4, 0.5) is 0 Å². The van der Waals surface area contributed by atoms with Crippen LogP contribution in [-0.2, 0) is 0 Å². The fraction of sp³-hybridized carbons (Fsp3) is 0.0625. The largest absolute Gasteiger partial charge is 0.321 e. The molecule has 0 saturated carbocycles. The lowest BCUT2D eigenvalue weighted by Gasteiger charge is -2.05. The van der Waals surface area contributed by atoms with E-state index in [-0.39, 0.29) is 5.56 Å². The van der Waals surface area contributed by atoms with E-state index in [1.54, 1.807) is 6.08 Å². The summed E-state index contributed by atoms with van der Waals surface area (Å²) in [5.74, 6) is 0. The van der Waals surface area contributed by atoms with Crippen molar-refractivity contribution in [3.05, 3.63) is 75.5 Å². The molecule has 2 rings (SSSR count). The van der Waals surface area contributed by atoms with E-state index in [0.29, 0.717) is 5.56 Å². The molecule has 0 atom stereocenters. The molecule has 0 fully saturated rings. The summed E-state index contributed by atoms with van der Waals surface area (Å²) in [6, 6.07) is 7.61. The highest BCUT2D eigenvalue weighted by atomic mass is 79.9. The summed E-state index contributed by atoms with van der Waals surface area (Å²) in [5, 5.41) is 0.977. The minimum atomic E-state index is -0.110. The normalized spacial score (nSPS) is 12.2. The predicted molar refractivity (Wildman–Crippen MR) is 85.3 cm³/mol. The molecule has 19 heavy (non-hydrogen) atoms. The third-order valence-electron chi connectivity index (χ3n) is 2.83. The zero-order valence-electron chi connectivity index (χ0n) is 10.6. The Morgan fingerprint density at radius 2 is 2.21 bits per heavy atom. The van der Waals surface area contributed by atoms with E-state index in [1.165, 1.54) is 0 Å². The van der Waals surface area contributed by atoms with Crippen LogP contribution in [0.1, 0.15) is 12.5 Å². The first kappa shape index (κ1) is 13.6. The number of allylic oxidation sites excluding steroid dienone is 5. The number of aromatic amines is 1. The number of rotatable bonds is 3. The topological polar surface area (TPSA) is 32.9 Å². The number of fused-ring (bicyclic) bond motifs is 1. The van der Waals surface area contributed by atoms with E-state index in [1.807, 2.05) is 49.4 Å². The monoisotopic (exact) mass is 315 g/mol. The van der Waals surface area contributed by atoms with Crippen LogP contribution in [0.15, 0.2) is 64.4 Å². The Morgan fingerprint density at radius 3 is 2.89 bits per heavy atom. The molecule has 0 unspecified atom stereocenters. The molecule has 0 radical (unpaired) electrons. The lowest BCUT2D eigenvalue weighted by atomic mass is 10.0. The third kappa shape index (κ3) is 2.76. The molecular weight excluding hydrogens is 302 g/mol. The van der Waals surface area contributed by atoms with E-state index in [9.17, 15) is 4.79 Å². The molecule has 0 saturated heterocycles. The maximum atomic E-state index is 12.1. The maximum absolute atomic E-state index is 12.1. The zero-order valence-corrected chi connectivity index (χ0v) is 12.2. The number of nitrogens with one attached hydrogen (secondary N) is 1. The first-order valence-electron chi connectivity index (χ1n) is 5.94. The van der Waals surface area contributed by atoms with E-state index >= 15 is 0 Å². The van der Waals surface area contributed by atoms with Crippen LogP contribution in [0.5, 0.6) is 0 Å². The Labute approximate surface area is 120 Å². The smallest absolute Gasteiger partial charge is 0.256 e. The lowest BCUT2D eigenvalue weighted by Crippen LogP contribution is -2.11. The number of H-pyrrole nitrogens is 1. The second-order valence-corrected chi connectivity index (χ2v) is 4.92. The zero-order chi connectivity index (χ0) is 13.8. The second-order valence-electron chi connectivity index (χ2n) is 4.07. The number of aromatic nitrogens is 1. The molecule has 1 aromatic heterocycles. The van der Waals surface area contributed by atoms with Gasteiger partial charge in [-0.1, -0.05) is 52.9 Å². The van der Waals surface area contributed by atoms with Gasteiger partial charge in [0.1, 0.15) is 0 Å². The van der Waals surface area contributed by atoms with Crippen molar-refractivity contribution in [3.63, 3.8) is 0 Å². The summed E-state index contributed by atoms with van der Waals surface area (Å²) in [4.78, 5) is 15.0. The first-order valence-corrected chi connectivity index (χ1v) is 6.74. The average molecular weight is 316 g/mol. The van der Waals surface area contributed by atoms with Gasteiger partial charge in [-0.3, -0.25) is 4.79 Å². The highest BCUT2D eigenvalue weighted by molar-refractivity contribution is 9.10. The van der Waals surface area contributed by atoms with Crippen LogP contribution in [-0.4, -0.2) is 4.98 Å². The summed E-state index contributed by atoms with van der Waals surface area (Å²) >= 11 is 3.50. The molecule has 0 aliphatic rings. The summed E-state index contributed by atoms with van der Waals surface area (Å²) in [5.41, 5.74) is 2.13. The van der Waals surface area contributed by atoms with Crippen molar-refractivity contribution in [1.82, 2.24) is 4.98 Å². The van der Waals surface area contributed by atoms with Crippen LogP contribution >= 0.6 is 15.9 Å². The number of pyridine rings is 1. The van der Waals surface area contributed by atoms with Gasteiger partial charge in [0.25, 0.3) is 5.56 Å². The van der Waals surface area contributed by atoms with Gasteiger partial charge in [-0.05, 0) is 30.7 Å². The molecule has 0 spiro atoms. The molecule has 2 nitrogen and oxygen atoms in total. The molecule has 1 heterocycles. The van der Waals surface area contributed by atoms with Crippen LogP contribution in [0.25, 0.3) is 16.5 Å². The maximum Gasteiger partial charge on any atom is 0.256 e. The minimum Gasteiger partial charge on any atom is -0.321 e. The van der Waals surface area contributed by atoms with Crippen LogP contribution < -0.4 is 5.56 Å². The first-order chi connectivity index (χ1) is 9.17. The SMILES string of the molecule is C=C/C(=C\C=C/C)c1cc2c(Br)cccc2[nH]c1=O. The van der Waals surface area contributed by atoms with Crippen molar-refractivity contribution in [1.29, 1.82) is 0 Å². The number of halogens is 1. The Bertz CT molecular complexity index is 738. The second kappa shape index (κ2) is 5.85. The Balaban J connectivity index is 2.73. The van der Waals surface area contributed by atoms with E-state index in [4.69, 9.17) is 0 Å². The number of benzene rings is 1. The highest BCUT2D eigenvalue weighted by Gasteiger charge is 2.07. The van der Waals surface area contributed by atoms with Gasteiger partial charge >= 0.3 is 0 Å². The van der Waals surface area contributed by atoms with Gasteiger partial charge < -0.3 is 4.98 Å². The van der Waals surface area contributed by atoms with Gasteiger partial charge in [-0.15, -0.1) is 0 Å². The third-order valence-corrected chi connectivity index (χ3v) is 3.53. The van der Waals surface area contributed by atoms with Gasteiger partial charge in [0, 0.05) is 20.9 Å². The van der Waals surface area contributed by atoms with Crippen LogP contribution in [0.2, 0.25) is 0 Å². The molecule has 0 amide bonds. The molecule has 0 aliphatic carbocycles. The van der Waals surface area contributed by atoms with Crippen molar-refractivity contribution >= 4 is 32.4 Å². The summed E-state index contributed by atoms with van der Waals surface area (Å²) < 4.78 is 0.956. The van der Waals surface area contributed by atoms with Gasteiger partial charge in [0.2, 0.25) is 0 Å². The number of hydrogen-bond acceptors (Lipinski definition) is 1. The van der Waals surface area contributed by atoms with Crippen molar-refractivity contribution in [2.45, 2.75) is 6.92 Å². The summed E-state index contributed by atoms with van der Waals surface area (Å²) in [6.07, 6.45) is 7.36. The van der Waals surface area contributed by atoms with Crippen LogP contribution in [0.3, 0.4) is 0 Å². The van der Waals surface area contributed by atoms with Crippen molar-refractivity contribution in [3.8, 4) is 0 Å². The molecule has 1 N–H and O–H groups in total. The van der Waals surface area contributed by atoms with Crippen LogP contribution in [0, 0.1) is 0 Å². The Hall–Kier alpha value is -1.87. The van der Waals surface area contributed by atoms with E-state index in [2.05, 4.69) is 27.5 Å². The predicted octanol–water partition coefficient (Wildman–Crippen LogP) is 4.44. The van der Waals surface area contributed by atoms with Crippen molar-refractivity contribution in [2.24, 2.45) is 0 Å². The standard InChI is InChI=1S/C16H14BrNO/c1-3-5-7-11(4-2)12-10-13-14(17)8-6-9-15(13)18-16(12)19/h3-10H,2H2,1H3,(H,18,19)/b5-3-,11-7+. The van der Waals surface area contributed by atoms with E-state index < -0.39 is 0 Å². The highest BCUT2D eigenvalue weighted by Crippen LogP contribution is 2.24. The minimum absolute atomic E-state index is 0.110. The van der Waals surface area contributed by atoms with Gasteiger partial charge in [-0.2, -0.15) is 0 Å². The molecule has 1 aromatic carbocycles. The quantitative estimate of drug-likeness (QED) is 0.835. The van der Waals surface area contributed by atoms with Crippen molar-refractivity contribution < 1.29 is 0 Å². The molecule has 0 bridgehead atoms. The average Bonchev–Trinajstić information content (AvgIpc) is 2.40. The van der Waals surface area contributed by atoms with Crippen molar-refractivity contribution in [2.75, 3.05) is 0 Å². The molecular formula is C16H14BrNO. The molecule has 3 heteroatoms. The summed E-state index contributed by atoms with van der Waals surface area (Å²) in [6.45, 7) is 5.70.